The van der Waals surface area contributed by atoms with Crippen LogP contribution < -0.4 is 5.43 Å². The van der Waals surface area contributed by atoms with E-state index in [-0.39, 0.29) is 30.1 Å². The number of carbonyl (C=O) groups excluding carboxylic acids is 1. The minimum atomic E-state index is -4.54. The van der Waals surface area contributed by atoms with Crippen molar-refractivity contribution in [3.63, 3.8) is 0 Å². The highest BCUT2D eigenvalue weighted by atomic mass is 19.4. The molecule has 2 N–H and O–H groups in total. The van der Waals surface area contributed by atoms with Gasteiger partial charge >= 0.3 is 12.1 Å². The van der Waals surface area contributed by atoms with Gasteiger partial charge in [-0.25, -0.2) is 0 Å². The summed E-state index contributed by atoms with van der Waals surface area (Å²) >= 11 is 0. The van der Waals surface area contributed by atoms with Gasteiger partial charge in [-0.15, -0.1) is 0 Å². The zero-order valence-electron chi connectivity index (χ0n) is 14.2. The number of benzene rings is 1. The second kappa shape index (κ2) is 8.26. The number of halogens is 3. The topological polar surface area (TPSA) is 97.0 Å². The highest BCUT2D eigenvalue weighted by molar-refractivity contribution is 5.71. The van der Waals surface area contributed by atoms with Crippen LogP contribution in [0.25, 0.3) is 0 Å². The molecule has 6 nitrogen and oxygen atoms in total. The number of esters is 1. The smallest absolute Gasteiger partial charge is 0.416 e. The second-order valence-electron chi connectivity index (χ2n) is 5.63. The third kappa shape index (κ3) is 4.88. The van der Waals surface area contributed by atoms with Gasteiger partial charge in [0, 0.05) is 6.07 Å². The van der Waals surface area contributed by atoms with Gasteiger partial charge in [-0.1, -0.05) is 12.1 Å². The molecular weight excluding hydrogens is 369 g/mol. The average Bonchev–Trinajstić information content (AvgIpc) is 2.62. The summed E-state index contributed by atoms with van der Waals surface area (Å²) in [6.45, 7) is 1.02. The van der Waals surface area contributed by atoms with Crippen LogP contribution in [0.3, 0.4) is 0 Å². The lowest BCUT2D eigenvalue weighted by Gasteiger charge is -2.18. The van der Waals surface area contributed by atoms with Crippen LogP contribution >= 0.6 is 0 Å². The van der Waals surface area contributed by atoms with Crippen LogP contribution in [-0.2, 0) is 22.3 Å². The molecule has 0 bridgehead atoms. The van der Waals surface area contributed by atoms with E-state index in [0.29, 0.717) is 0 Å². The first kappa shape index (κ1) is 20.5. The van der Waals surface area contributed by atoms with Gasteiger partial charge in [-0.05, 0) is 24.6 Å². The van der Waals surface area contributed by atoms with Crippen LogP contribution in [0, 0.1) is 0 Å². The van der Waals surface area contributed by atoms with E-state index in [1.165, 1.54) is 0 Å². The number of aromatic hydroxyl groups is 1. The van der Waals surface area contributed by atoms with Gasteiger partial charge in [0.1, 0.15) is 12.4 Å². The fourth-order valence-corrected chi connectivity index (χ4v) is 2.52. The quantitative estimate of drug-likeness (QED) is 0.741. The van der Waals surface area contributed by atoms with E-state index in [1.54, 1.807) is 6.92 Å². The van der Waals surface area contributed by atoms with Crippen molar-refractivity contribution in [1.82, 2.24) is 0 Å². The first-order valence-corrected chi connectivity index (χ1v) is 7.96. The lowest BCUT2D eigenvalue weighted by Crippen LogP contribution is -2.15. The number of carbonyl (C=O) groups is 1. The van der Waals surface area contributed by atoms with E-state index < -0.39 is 41.4 Å². The van der Waals surface area contributed by atoms with Gasteiger partial charge in [-0.2, -0.15) is 13.2 Å². The zero-order chi connectivity index (χ0) is 20.2. The molecule has 1 aromatic carbocycles. The number of alkyl halides is 3. The van der Waals surface area contributed by atoms with Crippen molar-refractivity contribution in [3.8, 4) is 5.75 Å². The number of hydrogen-bond acceptors (Lipinski definition) is 6. The summed E-state index contributed by atoms with van der Waals surface area (Å²) in [4.78, 5) is 23.8. The first-order chi connectivity index (χ1) is 12.7. The molecule has 1 aromatic heterocycles. The van der Waals surface area contributed by atoms with Gasteiger partial charge in [0.25, 0.3) is 0 Å². The van der Waals surface area contributed by atoms with E-state index in [4.69, 9.17) is 9.15 Å². The number of aliphatic hydroxyl groups is 1. The lowest BCUT2D eigenvalue weighted by molar-refractivity contribution is -0.143. The molecule has 0 aliphatic carbocycles. The van der Waals surface area contributed by atoms with E-state index in [9.17, 15) is 33.0 Å². The minimum Gasteiger partial charge on any atom is -0.502 e. The molecule has 27 heavy (non-hydrogen) atoms. The molecule has 0 aliphatic rings. The van der Waals surface area contributed by atoms with Crippen molar-refractivity contribution < 1.29 is 37.3 Å². The predicted molar refractivity (Wildman–Crippen MR) is 87.1 cm³/mol. The maximum Gasteiger partial charge on any atom is 0.416 e. The molecule has 9 heteroatoms. The summed E-state index contributed by atoms with van der Waals surface area (Å²) in [7, 11) is 0. The van der Waals surface area contributed by atoms with E-state index in [1.807, 2.05) is 0 Å². The molecule has 0 saturated heterocycles. The molecule has 0 radical (unpaired) electrons. The molecule has 0 fully saturated rings. The third-order valence-corrected chi connectivity index (χ3v) is 3.79. The second-order valence-corrected chi connectivity index (χ2v) is 5.63. The summed E-state index contributed by atoms with van der Waals surface area (Å²) in [5.74, 6) is -3.06. The third-order valence-electron chi connectivity index (χ3n) is 3.79. The number of rotatable bonds is 6. The molecular formula is C18H17F3O6. The Morgan fingerprint density at radius 2 is 1.89 bits per heavy atom. The van der Waals surface area contributed by atoms with Crippen LogP contribution in [0.5, 0.6) is 5.75 Å². The maximum absolute atomic E-state index is 12.8. The fraction of sp³-hybridized carbons (Fsp3) is 0.333. The van der Waals surface area contributed by atoms with Gasteiger partial charge in [0.15, 0.2) is 5.76 Å². The molecule has 0 unspecified atom stereocenters. The Balaban J connectivity index is 2.54. The van der Waals surface area contributed by atoms with Gasteiger partial charge in [0.2, 0.25) is 11.2 Å². The average molecular weight is 386 g/mol. The minimum absolute atomic E-state index is 0.0746. The van der Waals surface area contributed by atoms with Crippen molar-refractivity contribution in [2.45, 2.75) is 32.0 Å². The molecule has 2 rings (SSSR count). The van der Waals surface area contributed by atoms with Crippen molar-refractivity contribution in [2.75, 3.05) is 6.61 Å². The van der Waals surface area contributed by atoms with Crippen LogP contribution in [0.2, 0.25) is 0 Å². The lowest BCUT2D eigenvalue weighted by atomic mass is 9.91. The van der Waals surface area contributed by atoms with E-state index in [2.05, 4.69) is 0 Å². The Kier molecular flexibility index (Phi) is 6.27. The number of aliphatic hydroxyl groups excluding tert-OH is 1. The molecule has 1 atom stereocenters. The monoisotopic (exact) mass is 386 g/mol. The summed E-state index contributed by atoms with van der Waals surface area (Å²) in [5, 5.41) is 19.2. The molecule has 0 saturated carbocycles. The summed E-state index contributed by atoms with van der Waals surface area (Å²) in [5.41, 5.74) is -1.54. The standard InChI is InChI=1S/C18H17F3O6/c1-2-26-15(24)8-13(10-3-5-11(6-4-10)18(19,20)21)17-16(25)14(23)7-12(9-22)27-17/h3-7,13,22,25H,2,8-9H2,1H3/t13-/m0/s1. The molecule has 0 amide bonds. The highest BCUT2D eigenvalue weighted by Crippen LogP contribution is 2.35. The summed E-state index contributed by atoms with van der Waals surface area (Å²) in [6.07, 6.45) is -4.93. The SMILES string of the molecule is CCOC(=O)C[C@@H](c1ccc(C(F)(F)F)cc1)c1oc(CO)cc(=O)c1O. The van der Waals surface area contributed by atoms with Crippen molar-refractivity contribution in [1.29, 1.82) is 0 Å². The first-order valence-electron chi connectivity index (χ1n) is 7.96. The number of hydrogen-bond donors (Lipinski definition) is 2. The molecule has 2 aromatic rings. The Labute approximate surface area is 151 Å². The fourth-order valence-electron chi connectivity index (χ4n) is 2.52. The Morgan fingerprint density at radius 3 is 2.41 bits per heavy atom. The highest BCUT2D eigenvalue weighted by Gasteiger charge is 2.31. The molecule has 146 valence electrons. The van der Waals surface area contributed by atoms with E-state index in [0.717, 1.165) is 30.3 Å². The normalized spacial score (nSPS) is 12.6. The van der Waals surface area contributed by atoms with Gasteiger partial charge in [-0.3, -0.25) is 9.59 Å². The van der Waals surface area contributed by atoms with Gasteiger partial charge in [0.05, 0.1) is 24.5 Å². The number of ether oxygens (including phenoxy) is 1. The van der Waals surface area contributed by atoms with Crippen LogP contribution in [-0.4, -0.2) is 22.8 Å². The summed E-state index contributed by atoms with van der Waals surface area (Å²) < 4.78 is 48.5. The largest absolute Gasteiger partial charge is 0.502 e. The van der Waals surface area contributed by atoms with Crippen molar-refractivity contribution >= 4 is 5.97 Å². The molecule has 0 aliphatic heterocycles. The van der Waals surface area contributed by atoms with Crippen LogP contribution in [0.15, 0.2) is 39.5 Å². The van der Waals surface area contributed by atoms with Crippen molar-refractivity contribution in [2.24, 2.45) is 0 Å². The van der Waals surface area contributed by atoms with Crippen molar-refractivity contribution in [3.05, 3.63) is 63.2 Å². The van der Waals surface area contributed by atoms with Crippen LogP contribution in [0.1, 0.15) is 41.9 Å². The predicted octanol–water partition coefficient (Wildman–Crippen LogP) is 2.94. The Hall–Kier alpha value is -2.81. The summed E-state index contributed by atoms with van der Waals surface area (Å²) in [6, 6.07) is 4.76. The zero-order valence-corrected chi connectivity index (χ0v) is 14.2. The van der Waals surface area contributed by atoms with E-state index >= 15 is 0 Å². The molecule has 1 heterocycles. The van der Waals surface area contributed by atoms with Crippen LogP contribution in [0.4, 0.5) is 13.2 Å². The Morgan fingerprint density at radius 1 is 1.26 bits per heavy atom. The maximum atomic E-state index is 12.8. The van der Waals surface area contributed by atoms with Gasteiger partial charge < -0.3 is 19.4 Å². The Bertz CT molecular complexity index is 855. The molecule has 0 spiro atoms.